The number of ether oxygens (including phenoxy) is 1. The summed E-state index contributed by atoms with van der Waals surface area (Å²) >= 11 is 9.71. The summed E-state index contributed by atoms with van der Waals surface area (Å²) in [5, 5.41) is 7.77. The zero-order valence-corrected chi connectivity index (χ0v) is 15.7. The van der Waals surface area contributed by atoms with E-state index in [2.05, 4.69) is 52.1 Å². The van der Waals surface area contributed by atoms with Gasteiger partial charge in [-0.3, -0.25) is 5.01 Å². The van der Waals surface area contributed by atoms with Gasteiger partial charge in [-0.05, 0) is 35.9 Å². The molecule has 124 valence electrons. The molecule has 0 radical (unpaired) electrons. The van der Waals surface area contributed by atoms with Gasteiger partial charge in [0.1, 0.15) is 5.75 Å². The minimum absolute atomic E-state index is 0.0124. The lowest BCUT2D eigenvalue weighted by atomic mass is 9.96. The van der Waals surface area contributed by atoms with Crippen molar-refractivity contribution in [3.63, 3.8) is 0 Å². The fraction of sp³-hybridized carbons (Fsp3) is 0.316. The maximum Gasteiger partial charge on any atom is 0.187 e. The molecular weight excluding hydrogens is 388 g/mol. The number of hydrazone groups is 1. The third-order valence-electron chi connectivity index (χ3n) is 4.54. The van der Waals surface area contributed by atoms with E-state index in [9.17, 15) is 0 Å². The van der Waals surface area contributed by atoms with Crippen molar-refractivity contribution in [2.24, 2.45) is 5.10 Å². The van der Waals surface area contributed by atoms with Gasteiger partial charge in [0, 0.05) is 27.9 Å². The second-order valence-electron chi connectivity index (χ2n) is 6.20. The summed E-state index contributed by atoms with van der Waals surface area (Å²) in [7, 11) is 0. The van der Waals surface area contributed by atoms with E-state index >= 15 is 0 Å². The molecule has 0 amide bonds. The number of fused-ring (bicyclic) bond motifs is 3. The van der Waals surface area contributed by atoms with Crippen LogP contribution in [0.2, 0.25) is 5.02 Å². The maximum atomic E-state index is 6.22. The van der Waals surface area contributed by atoms with Crippen LogP contribution in [0.5, 0.6) is 5.75 Å². The van der Waals surface area contributed by atoms with Gasteiger partial charge in [0.05, 0.1) is 11.8 Å². The van der Waals surface area contributed by atoms with E-state index < -0.39 is 0 Å². The summed E-state index contributed by atoms with van der Waals surface area (Å²) < 4.78 is 7.27. The number of rotatable bonds is 3. The van der Waals surface area contributed by atoms with E-state index in [4.69, 9.17) is 21.4 Å². The predicted molar refractivity (Wildman–Crippen MR) is 101 cm³/mol. The molecule has 0 saturated heterocycles. The summed E-state index contributed by atoms with van der Waals surface area (Å²) in [6.45, 7) is 2.17. The Hall–Kier alpha value is -1.52. The van der Waals surface area contributed by atoms with Gasteiger partial charge in [-0.25, -0.2) is 0 Å². The molecule has 2 aliphatic heterocycles. The Balaban J connectivity index is 1.72. The topological polar surface area (TPSA) is 24.8 Å². The van der Waals surface area contributed by atoms with Crippen LogP contribution >= 0.6 is 27.5 Å². The molecule has 2 heterocycles. The predicted octanol–water partition coefficient (Wildman–Crippen LogP) is 5.77. The lowest BCUT2D eigenvalue weighted by Gasteiger charge is -2.38. The number of hydrogen-bond donors (Lipinski definition) is 0. The highest BCUT2D eigenvalue weighted by molar-refractivity contribution is 9.10. The van der Waals surface area contributed by atoms with Gasteiger partial charge in [-0.1, -0.05) is 53.0 Å². The second-order valence-corrected chi connectivity index (χ2v) is 7.55. The zero-order chi connectivity index (χ0) is 16.7. The van der Waals surface area contributed by atoms with Crippen molar-refractivity contribution in [2.75, 3.05) is 0 Å². The SMILES string of the molecule is CCC[C@@H]1Oc2ccc(Cl)cc2[C@@H]2CC(c3ccc(Br)cc3)=NN12. The van der Waals surface area contributed by atoms with E-state index in [0.717, 1.165) is 51.3 Å². The van der Waals surface area contributed by atoms with Crippen molar-refractivity contribution < 1.29 is 4.74 Å². The third kappa shape index (κ3) is 2.82. The Kier molecular flexibility index (Phi) is 4.27. The highest BCUT2D eigenvalue weighted by atomic mass is 79.9. The molecule has 2 aromatic rings. The Bertz CT molecular complexity index is 790. The molecule has 5 heteroatoms. The van der Waals surface area contributed by atoms with Crippen LogP contribution in [0, 0.1) is 0 Å². The van der Waals surface area contributed by atoms with Crippen LogP contribution in [0.15, 0.2) is 52.0 Å². The molecule has 4 rings (SSSR count). The van der Waals surface area contributed by atoms with Gasteiger partial charge >= 0.3 is 0 Å². The zero-order valence-electron chi connectivity index (χ0n) is 13.4. The monoisotopic (exact) mass is 404 g/mol. The molecule has 0 N–H and O–H groups in total. The molecule has 0 aliphatic carbocycles. The van der Waals surface area contributed by atoms with E-state index in [1.54, 1.807) is 0 Å². The van der Waals surface area contributed by atoms with E-state index in [-0.39, 0.29) is 12.3 Å². The maximum absolute atomic E-state index is 6.22. The van der Waals surface area contributed by atoms with Crippen LogP contribution in [0.3, 0.4) is 0 Å². The van der Waals surface area contributed by atoms with Gasteiger partial charge in [-0.2, -0.15) is 5.10 Å². The van der Waals surface area contributed by atoms with Gasteiger partial charge < -0.3 is 4.74 Å². The molecule has 0 saturated carbocycles. The normalized spacial score (nSPS) is 21.8. The van der Waals surface area contributed by atoms with Gasteiger partial charge in [0.25, 0.3) is 0 Å². The molecule has 0 aromatic heterocycles. The number of hydrogen-bond acceptors (Lipinski definition) is 3. The van der Waals surface area contributed by atoms with Crippen molar-refractivity contribution in [1.82, 2.24) is 5.01 Å². The molecule has 3 nitrogen and oxygen atoms in total. The number of nitrogens with zero attached hydrogens (tertiary/aromatic N) is 2. The first-order valence-electron chi connectivity index (χ1n) is 8.23. The molecule has 0 fully saturated rings. The summed E-state index contributed by atoms with van der Waals surface area (Å²) in [5.74, 6) is 0.936. The smallest absolute Gasteiger partial charge is 0.187 e. The molecule has 2 aliphatic rings. The third-order valence-corrected chi connectivity index (χ3v) is 5.31. The minimum atomic E-state index is -0.0124. The Labute approximate surface area is 155 Å². The summed E-state index contributed by atoms with van der Waals surface area (Å²) in [6.07, 6.45) is 2.87. The highest BCUT2D eigenvalue weighted by Crippen LogP contribution is 2.44. The Morgan fingerprint density at radius 1 is 1.25 bits per heavy atom. The molecule has 24 heavy (non-hydrogen) atoms. The first-order valence-corrected chi connectivity index (χ1v) is 9.40. The fourth-order valence-electron chi connectivity index (χ4n) is 3.39. The Morgan fingerprint density at radius 3 is 2.79 bits per heavy atom. The van der Waals surface area contributed by atoms with Crippen LogP contribution in [0.1, 0.15) is 43.4 Å². The second kappa shape index (κ2) is 6.41. The molecule has 2 aromatic carbocycles. The van der Waals surface area contributed by atoms with E-state index in [1.807, 2.05) is 18.2 Å². The van der Waals surface area contributed by atoms with Gasteiger partial charge in [-0.15, -0.1) is 0 Å². The van der Waals surface area contributed by atoms with Crippen molar-refractivity contribution >= 4 is 33.2 Å². The highest BCUT2D eigenvalue weighted by Gasteiger charge is 2.39. The summed E-state index contributed by atoms with van der Waals surface area (Å²) in [6, 6.07) is 14.4. The average Bonchev–Trinajstić information content (AvgIpc) is 3.02. The molecule has 0 bridgehead atoms. The fourth-order valence-corrected chi connectivity index (χ4v) is 3.83. The van der Waals surface area contributed by atoms with Crippen molar-refractivity contribution in [1.29, 1.82) is 0 Å². The largest absolute Gasteiger partial charge is 0.469 e. The van der Waals surface area contributed by atoms with E-state index in [1.165, 1.54) is 0 Å². The summed E-state index contributed by atoms with van der Waals surface area (Å²) in [4.78, 5) is 0. The molecule has 2 atom stereocenters. The van der Waals surface area contributed by atoms with Crippen LogP contribution in [-0.4, -0.2) is 16.9 Å². The quantitative estimate of drug-likeness (QED) is 0.647. The average molecular weight is 406 g/mol. The standard InChI is InChI=1S/C19H18BrClN2O/c1-2-3-19-23-17(15-10-14(21)8-9-18(15)24-19)11-16(22-23)12-4-6-13(20)7-5-12/h4-10,17,19H,2-3,11H2,1H3/t17-,19-/m0/s1. The van der Waals surface area contributed by atoms with E-state index in [0.29, 0.717) is 0 Å². The minimum Gasteiger partial charge on any atom is -0.469 e. The van der Waals surface area contributed by atoms with Crippen LogP contribution < -0.4 is 4.74 Å². The number of benzene rings is 2. The molecule has 0 spiro atoms. The first kappa shape index (κ1) is 16.0. The van der Waals surface area contributed by atoms with Crippen LogP contribution in [0.4, 0.5) is 0 Å². The van der Waals surface area contributed by atoms with Crippen molar-refractivity contribution in [3.05, 3.63) is 63.1 Å². The lowest BCUT2D eigenvalue weighted by Crippen LogP contribution is -2.40. The van der Waals surface area contributed by atoms with Crippen molar-refractivity contribution in [3.8, 4) is 5.75 Å². The van der Waals surface area contributed by atoms with Crippen LogP contribution in [0.25, 0.3) is 0 Å². The van der Waals surface area contributed by atoms with Gasteiger partial charge in [0.15, 0.2) is 6.23 Å². The van der Waals surface area contributed by atoms with Gasteiger partial charge in [0.2, 0.25) is 0 Å². The Morgan fingerprint density at radius 2 is 2.04 bits per heavy atom. The summed E-state index contributed by atoms with van der Waals surface area (Å²) in [5.41, 5.74) is 3.39. The van der Waals surface area contributed by atoms with Crippen molar-refractivity contribution in [2.45, 2.75) is 38.5 Å². The molecular formula is C19H18BrClN2O. The number of halogens is 2. The first-order chi connectivity index (χ1) is 11.7. The lowest BCUT2D eigenvalue weighted by molar-refractivity contribution is -0.0223. The molecule has 0 unspecified atom stereocenters. The van der Waals surface area contributed by atoms with Crippen LogP contribution in [-0.2, 0) is 0 Å².